The van der Waals surface area contributed by atoms with Gasteiger partial charge in [0.2, 0.25) is 0 Å². The Morgan fingerprint density at radius 3 is 2.71 bits per heavy atom. The van der Waals surface area contributed by atoms with Crippen molar-refractivity contribution in [2.45, 2.75) is 19.9 Å². The first kappa shape index (κ1) is 17.4. The van der Waals surface area contributed by atoms with Crippen molar-refractivity contribution < 1.29 is 4.92 Å². The molecule has 0 spiro atoms. The molecular formula is C17H21N5O2. The number of aromatic nitrogens is 1. The standard InChI is InChI=1S/C17H21N5O2/c1-2-18-17(20-12-10-15-8-5-6-11-19-15)21-13-14-7-3-4-9-16(14)22(23)24/h3-9,11H,2,10,12-13H2,1H3,(H2,18,20,21). The molecule has 2 N–H and O–H groups in total. The van der Waals surface area contributed by atoms with Gasteiger partial charge in [-0.15, -0.1) is 0 Å². The first-order valence-corrected chi connectivity index (χ1v) is 7.85. The molecule has 2 rings (SSSR count). The van der Waals surface area contributed by atoms with Crippen LogP contribution in [0.15, 0.2) is 53.7 Å². The molecule has 0 unspecified atom stereocenters. The number of guanidine groups is 1. The van der Waals surface area contributed by atoms with E-state index in [2.05, 4.69) is 20.6 Å². The van der Waals surface area contributed by atoms with Crippen LogP contribution in [-0.2, 0) is 13.0 Å². The van der Waals surface area contributed by atoms with Crippen molar-refractivity contribution in [3.05, 3.63) is 70.0 Å². The van der Waals surface area contributed by atoms with Crippen LogP contribution in [0.2, 0.25) is 0 Å². The Morgan fingerprint density at radius 2 is 2.00 bits per heavy atom. The number of aliphatic imine (C=N–C) groups is 1. The minimum atomic E-state index is -0.383. The van der Waals surface area contributed by atoms with E-state index in [4.69, 9.17) is 0 Å². The molecule has 1 aromatic carbocycles. The summed E-state index contributed by atoms with van der Waals surface area (Å²) in [5, 5.41) is 17.4. The SMILES string of the molecule is CCNC(=NCc1ccccc1[N+](=O)[O-])NCCc1ccccn1. The Kier molecular flexibility index (Phi) is 6.70. The average molecular weight is 327 g/mol. The summed E-state index contributed by atoms with van der Waals surface area (Å²) in [4.78, 5) is 19.4. The van der Waals surface area contributed by atoms with Crippen LogP contribution in [-0.4, -0.2) is 29.0 Å². The molecule has 1 heterocycles. The molecule has 0 aliphatic carbocycles. The van der Waals surface area contributed by atoms with Gasteiger partial charge < -0.3 is 10.6 Å². The van der Waals surface area contributed by atoms with Gasteiger partial charge in [0, 0.05) is 37.5 Å². The molecule has 0 atom stereocenters. The highest BCUT2D eigenvalue weighted by atomic mass is 16.6. The highest BCUT2D eigenvalue weighted by Gasteiger charge is 2.11. The lowest BCUT2D eigenvalue weighted by Crippen LogP contribution is -2.38. The number of hydrogen-bond acceptors (Lipinski definition) is 4. The molecule has 1 aromatic heterocycles. The van der Waals surface area contributed by atoms with Gasteiger partial charge in [-0.1, -0.05) is 24.3 Å². The van der Waals surface area contributed by atoms with Crippen molar-refractivity contribution in [3.63, 3.8) is 0 Å². The second-order valence-corrected chi connectivity index (χ2v) is 5.08. The zero-order valence-corrected chi connectivity index (χ0v) is 13.6. The van der Waals surface area contributed by atoms with Gasteiger partial charge in [-0.3, -0.25) is 15.1 Å². The molecule has 126 valence electrons. The maximum Gasteiger partial charge on any atom is 0.274 e. The number of nitrogens with zero attached hydrogens (tertiary/aromatic N) is 3. The predicted octanol–water partition coefficient (Wildman–Crippen LogP) is 2.29. The van der Waals surface area contributed by atoms with E-state index < -0.39 is 0 Å². The van der Waals surface area contributed by atoms with Crippen LogP contribution in [0.4, 0.5) is 5.69 Å². The summed E-state index contributed by atoms with van der Waals surface area (Å²) in [7, 11) is 0. The normalized spacial score (nSPS) is 11.1. The molecule has 0 amide bonds. The van der Waals surface area contributed by atoms with Gasteiger partial charge in [0.1, 0.15) is 0 Å². The highest BCUT2D eigenvalue weighted by Crippen LogP contribution is 2.18. The van der Waals surface area contributed by atoms with E-state index in [1.165, 1.54) is 6.07 Å². The van der Waals surface area contributed by atoms with Crippen molar-refractivity contribution >= 4 is 11.6 Å². The van der Waals surface area contributed by atoms with Gasteiger partial charge in [-0.25, -0.2) is 4.99 Å². The summed E-state index contributed by atoms with van der Waals surface area (Å²) in [6.45, 7) is 3.61. The van der Waals surface area contributed by atoms with Gasteiger partial charge in [-0.2, -0.15) is 0 Å². The fraction of sp³-hybridized carbons (Fsp3) is 0.294. The van der Waals surface area contributed by atoms with Crippen LogP contribution in [0.1, 0.15) is 18.2 Å². The largest absolute Gasteiger partial charge is 0.357 e. The lowest BCUT2D eigenvalue weighted by atomic mass is 10.2. The van der Waals surface area contributed by atoms with Gasteiger partial charge in [0.25, 0.3) is 5.69 Å². The number of rotatable bonds is 7. The summed E-state index contributed by atoms with van der Waals surface area (Å²) in [5.74, 6) is 0.631. The maximum atomic E-state index is 11.0. The lowest BCUT2D eigenvalue weighted by molar-refractivity contribution is -0.385. The summed E-state index contributed by atoms with van der Waals surface area (Å²) < 4.78 is 0. The van der Waals surface area contributed by atoms with Crippen molar-refractivity contribution in [2.75, 3.05) is 13.1 Å². The minimum absolute atomic E-state index is 0.0885. The van der Waals surface area contributed by atoms with Crippen LogP contribution in [0.5, 0.6) is 0 Å². The van der Waals surface area contributed by atoms with Crippen LogP contribution in [0, 0.1) is 10.1 Å². The van der Waals surface area contributed by atoms with E-state index in [0.717, 1.165) is 12.1 Å². The maximum absolute atomic E-state index is 11.0. The Labute approximate surface area is 141 Å². The molecule has 7 nitrogen and oxygen atoms in total. The van der Waals surface area contributed by atoms with E-state index >= 15 is 0 Å². The second kappa shape index (κ2) is 9.24. The number of benzene rings is 1. The molecule has 2 aromatic rings. The van der Waals surface area contributed by atoms with Gasteiger partial charge in [0.05, 0.1) is 17.0 Å². The molecule has 0 saturated carbocycles. The molecular weight excluding hydrogens is 306 g/mol. The third-order valence-electron chi connectivity index (χ3n) is 3.34. The Morgan fingerprint density at radius 1 is 1.21 bits per heavy atom. The number of para-hydroxylation sites is 1. The monoisotopic (exact) mass is 327 g/mol. The van der Waals surface area contributed by atoms with Crippen LogP contribution in [0.3, 0.4) is 0 Å². The molecule has 24 heavy (non-hydrogen) atoms. The quantitative estimate of drug-likeness (QED) is 0.352. The first-order valence-electron chi connectivity index (χ1n) is 7.85. The average Bonchev–Trinajstić information content (AvgIpc) is 2.60. The molecule has 0 fully saturated rings. The van der Waals surface area contributed by atoms with Gasteiger partial charge >= 0.3 is 0 Å². The van der Waals surface area contributed by atoms with Crippen molar-refractivity contribution in [3.8, 4) is 0 Å². The fourth-order valence-corrected chi connectivity index (χ4v) is 2.18. The highest BCUT2D eigenvalue weighted by molar-refractivity contribution is 5.79. The zero-order valence-electron chi connectivity index (χ0n) is 13.6. The number of nitro benzene ring substituents is 1. The molecule has 0 bridgehead atoms. The van der Waals surface area contributed by atoms with Crippen molar-refractivity contribution in [1.29, 1.82) is 0 Å². The summed E-state index contributed by atoms with van der Waals surface area (Å²) >= 11 is 0. The summed E-state index contributed by atoms with van der Waals surface area (Å²) in [6, 6.07) is 12.5. The summed E-state index contributed by atoms with van der Waals surface area (Å²) in [5.41, 5.74) is 1.68. The Balaban J connectivity index is 1.97. The molecule has 0 aliphatic rings. The predicted molar refractivity (Wildman–Crippen MR) is 93.9 cm³/mol. The molecule has 7 heteroatoms. The van der Waals surface area contributed by atoms with Crippen molar-refractivity contribution in [1.82, 2.24) is 15.6 Å². The van der Waals surface area contributed by atoms with E-state index in [1.807, 2.05) is 25.1 Å². The van der Waals surface area contributed by atoms with Gasteiger partial charge in [-0.05, 0) is 19.1 Å². The van der Waals surface area contributed by atoms with Crippen LogP contribution in [0.25, 0.3) is 0 Å². The topological polar surface area (TPSA) is 92.5 Å². The van der Waals surface area contributed by atoms with E-state index in [-0.39, 0.29) is 17.2 Å². The Bertz CT molecular complexity index is 688. The zero-order chi connectivity index (χ0) is 17.2. The molecule has 0 radical (unpaired) electrons. The van der Waals surface area contributed by atoms with Crippen LogP contribution >= 0.6 is 0 Å². The van der Waals surface area contributed by atoms with Gasteiger partial charge in [0.15, 0.2) is 5.96 Å². The Hall–Kier alpha value is -2.96. The van der Waals surface area contributed by atoms with Crippen LogP contribution < -0.4 is 10.6 Å². The molecule has 0 aliphatic heterocycles. The van der Waals surface area contributed by atoms with E-state index in [0.29, 0.717) is 24.6 Å². The number of pyridine rings is 1. The minimum Gasteiger partial charge on any atom is -0.357 e. The van der Waals surface area contributed by atoms with Crippen molar-refractivity contribution in [2.24, 2.45) is 4.99 Å². The summed E-state index contributed by atoms with van der Waals surface area (Å²) in [6.07, 6.45) is 2.54. The number of nitrogens with one attached hydrogen (secondary N) is 2. The van der Waals surface area contributed by atoms with E-state index in [1.54, 1.807) is 24.4 Å². The second-order valence-electron chi connectivity index (χ2n) is 5.08. The number of hydrogen-bond donors (Lipinski definition) is 2. The fourth-order valence-electron chi connectivity index (χ4n) is 2.18. The first-order chi connectivity index (χ1) is 11.7. The smallest absolute Gasteiger partial charge is 0.274 e. The molecule has 0 saturated heterocycles. The third-order valence-corrected chi connectivity index (χ3v) is 3.34. The number of nitro groups is 1. The van der Waals surface area contributed by atoms with E-state index in [9.17, 15) is 10.1 Å². The third kappa shape index (κ3) is 5.35. The lowest BCUT2D eigenvalue weighted by Gasteiger charge is -2.11.